The van der Waals surface area contributed by atoms with E-state index in [9.17, 15) is 9.18 Å². The first-order valence-electron chi connectivity index (χ1n) is 8.87. The molecule has 0 atom stereocenters. The molecule has 29 heavy (non-hydrogen) atoms. The highest BCUT2D eigenvalue weighted by Gasteiger charge is 2.06. The van der Waals surface area contributed by atoms with Gasteiger partial charge in [0, 0.05) is 35.5 Å². The molecular weight excluding hydrogens is 391 g/mol. The largest absolute Gasteiger partial charge is 0.423 e. The monoisotopic (exact) mass is 408 g/mol. The zero-order valence-corrected chi connectivity index (χ0v) is 16.3. The van der Waals surface area contributed by atoms with Crippen LogP contribution in [0.2, 0.25) is 0 Å². The van der Waals surface area contributed by atoms with Crippen LogP contribution in [-0.2, 0) is 6.54 Å². The Balaban J connectivity index is 1.42. The summed E-state index contributed by atoms with van der Waals surface area (Å²) in [5, 5.41) is 11.7. The van der Waals surface area contributed by atoms with Crippen LogP contribution in [0.5, 0.6) is 0 Å². The summed E-state index contributed by atoms with van der Waals surface area (Å²) >= 11 is 5.34. The number of rotatable bonds is 4. The summed E-state index contributed by atoms with van der Waals surface area (Å²) in [6.07, 6.45) is 1.81. The summed E-state index contributed by atoms with van der Waals surface area (Å²) < 4.78 is 20.0. The Labute approximate surface area is 171 Å². The molecule has 0 radical (unpaired) electrons. The molecule has 2 N–H and O–H groups in total. The van der Waals surface area contributed by atoms with Crippen LogP contribution in [0.4, 0.5) is 15.9 Å². The minimum absolute atomic E-state index is 0.267. The van der Waals surface area contributed by atoms with Crippen LogP contribution in [0.25, 0.3) is 11.0 Å². The SMILES string of the molecule is Cc1cc(=O)oc2cc(NC(=S)Nc3ccn(Cc4ccc(F)cc4)n3)ccc12. The van der Waals surface area contributed by atoms with Gasteiger partial charge >= 0.3 is 5.63 Å². The smallest absolute Gasteiger partial charge is 0.336 e. The van der Waals surface area contributed by atoms with E-state index in [-0.39, 0.29) is 11.4 Å². The Morgan fingerprint density at radius 2 is 1.93 bits per heavy atom. The predicted octanol–water partition coefficient (Wildman–Crippen LogP) is 4.29. The summed E-state index contributed by atoms with van der Waals surface area (Å²) in [4.78, 5) is 11.6. The lowest BCUT2D eigenvalue weighted by Crippen LogP contribution is -2.19. The van der Waals surface area contributed by atoms with E-state index in [2.05, 4.69) is 15.7 Å². The minimum atomic E-state index is -0.389. The average molecular weight is 408 g/mol. The van der Waals surface area contributed by atoms with E-state index in [4.69, 9.17) is 16.6 Å². The first-order valence-corrected chi connectivity index (χ1v) is 9.27. The first-order chi connectivity index (χ1) is 14.0. The summed E-state index contributed by atoms with van der Waals surface area (Å²) in [5.41, 5.74) is 2.59. The van der Waals surface area contributed by atoms with E-state index in [1.54, 1.807) is 28.9 Å². The van der Waals surface area contributed by atoms with Gasteiger partial charge in [0.1, 0.15) is 11.4 Å². The van der Waals surface area contributed by atoms with E-state index >= 15 is 0 Å². The van der Waals surface area contributed by atoms with Crippen LogP contribution in [0.1, 0.15) is 11.1 Å². The van der Waals surface area contributed by atoms with E-state index < -0.39 is 0 Å². The van der Waals surface area contributed by atoms with Gasteiger partial charge in [-0.1, -0.05) is 12.1 Å². The lowest BCUT2D eigenvalue weighted by molar-refractivity contribution is 0.560. The Kier molecular flexibility index (Phi) is 5.09. The van der Waals surface area contributed by atoms with E-state index in [0.29, 0.717) is 28.7 Å². The molecule has 2 aromatic carbocycles. The zero-order valence-electron chi connectivity index (χ0n) is 15.5. The van der Waals surface area contributed by atoms with Crippen molar-refractivity contribution in [3.63, 3.8) is 0 Å². The van der Waals surface area contributed by atoms with Crippen molar-refractivity contribution in [1.82, 2.24) is 9.78 Å². The second-order valence-electron chi connectivity index (χ2n) is 6.56. The number of nitrogens with zero attached hydrogens (tertiary/aromatic N) is 2. The van der Waals surface area contributed by atoms with Crippen molar-refractivity contribution in [3.8, 4) is 0 Å². The van der Waals surface area contributed by atoms with Gasteiger partial charge in [0.15, 0.2) is 10.9 Å². The van der Waals surface area contributed by atoms with Crippen molar-refractivity contribution in [1.29, 1.82) is 0 Å². The number of benzene rings is 2. The molecule has 2 aromatic heterocycles. The normalized spacial score (nSPS) is 10.8. The molecule has 0 saturated carbocycles. The molecule has 4 aromatic rings. The maximum Gasteiger partial charge on any atom is 0.336 e. The quantitative estimate of drug-likeness (QED) is 0.388. The van der Waals surface area contributed by atoms with Gasteiger partial charge < -0.3 is 15.1 Å². The molecule has 6 nitrogen and oxygen atoms in total. The Morgan fingerprint density at radius 1 is 1.14 bits per heavy atom. The van der Waals surface area contributed by atoms with Crippen molar-refractivity contribution < 1.29 is 8.81 Å². The van der Waals surface area contributed by atoms with Crippen molar-refractivity contribution >= 4 is 39.8 Å². The van der Waals surface area contributed by atoms with Gasteiger partial charge in [0.2, 0.25) is 0 Å². The van der Waals surface area contributed by atoms with E-state index in [0.717, 1.165) is 16.5 Å². The molecular formula is C21H17FN4O2S. The number of halogens is 1. The number of hydrogen-bond acceptors (Lipinski definition) is 4. The van der Waals surface area contributed by atoms with Crippen molar-refractivity contribution in [2.45, 2.75) is 13.5 Å². The summed E-state index contributed by atoms with van der Waals surface area (Å²) in [6, 6.07) is 15.0. The highest BCUT2D eigenvalue weighted by molar-refractivity contribution is 7.80. The minimum Gasteiger partial charge on any atom is -0.423 e. The maximum atomic E-state index is 13.0. The molecule has 4 rings (SSSR count). The number of anilines is 2. The van der Waals surface area contributed by atoms with Gasteiger partial charge in [-0.05, 0) is 54.5 Å². The first kappa shape index (κ1) is 18.8. The van der Waals surface area contributed by atoms with E-state index in [1.165, 1.54) is 18.2 Å². The Hall–Kier alpha value is -3.52. The molecule has 0 spiro atoms. The van der Waals surface area contributed by atoms with Gasteiger partial charge in [0.05, 0.1) is 6.54 Å². The van der Waals surface area contributed by atoms with Gasteiger partial charge in [-0.25, -0.2) is 9.18 Å². The standard InChI is InChI=1S/C21H17FN4O2S/c1-13-10-20(27)28-18-11-16(6-7-17(13)18)23-21(29)24-19-8-9-26(25-19)12-14-2-4-15(22)5-3-14/h2-11H,12H2,1H3,(H2,23,24,25,29). The fraction of sp³-hybridized carbons (Fsp3) is 0.0952. The molecule has 0 amide bonds. The third kappa shape index (κ3) is 4.49. The van der Waals surface area contributed by atoms with Crippen LogP contribution in [-0.4, -0.2) is 14.9 Å². The predicted molar refractivity (Wildman–Crippen MR) is 115 cm³/mol. The molecule has 0 fully saturated rings. The van der Waals surface area contributed by atoms with Gasteiger partial charge in [0.25, 0.3) is 0 Å². The Bertz CT molecular complexity index is 1250. The zero-order chi connectivity index (χ0) is 20.4. The summed E-state index contributed by atoms with van der Waals surface area (Å²) in [6.45, 7) is 2.38. The highest BCUT2D eigenvalue weighted by atomic mass is 32.1. The highest BCUT2D eigenvalue weighted by Crippen LogP contribution is 2.21. The number of nitrogens with one attached hydrogen (secondary N) is 2. The molecule has 0 saturated heterocycles. The molecule has 2 heterocycles. The molecule has 0 aliphatic carbocycles. The molecule has 0 aliphatic rings. The third-order valence-electron chi connectivity index (χ3n) is 4.35. The molecule has 0 aliphatic heterocycles. The summed E-state index contributed by atoms with van der Waals surface area (Å²) in [5.74, 6) is 0.309. The fourth-order valence-corrected chi connectivity index (χ4v) is 3.20. The topological polar surface area (TPSA) is 72.1 Å². The van der Waals surface area contributed by atoms with Crippen LogP contribution >= 0.6 is 12.2 Å². The molecule has 0 unspecified atom stereocenters. The van der Waals surface area contributed by atoms with Crippen LogP contribution in [0, 0.1) is 12.7 Å². The fourth-order valence-electron chi connectivity index (χ4n) is 2.97. The van der Waals surface area contributed by atoms with Crippen LogP contribution in [0.3, 0.4) is 0 Å². The summed E-state index contributed by atoms with van der Waals surface area (Å²) in [7, 11) is 0. The Morgan fingerprint density at radius 3 is 2.72 bits per heavy atom. The van der Waals surface area contributed by atoms with Crippen molar-refractivity contribution in [2.75, 3.05) is 10.6 Å². The number of thiocarbonyl (C=S) groups is 1. The second kappa shape index (κ2) is 7.84. The number of aryl methyl sites for hydroxylation is 1. The molecule has 0 bridgehead atoms. The number of fused-ring (bicyclic) bond motifs is 1. The van der Waals surface area contributed by atoms with Crippen LogP contribution in [0.15, 0.2) is 70.0 Å². The second-order valence-corrected chi connectivity index (χ2v) is 6.97. The van der Waals surface area contributed by atoms with Crippen molar-refractivity contribution in [3.05, 3.63) is 88.2 Å². The number of hydrogen-bond donors (Lipinski definition) is 2. The maximum absolute atomic E-state index is 13.0. The van der Waals surface area contributed by atoms with Gasteiger partial charge in [-0.15, -0.1) is 0 Å². The van der Waals surface area contributed by atoms with Gasteiger partial charge in [-0.2, -0.15) is 5.10 Å². The number of aromatic nitrogens is 2. The molecule has 146 valence electrons. The van der Waals surface area contributed by atoms with Crippen molar-refractivity contribution in [2.24, 2.45) is 0 Å². The average Bonchev–Trinajstić information content (AvgIpc) is 3.09. The van der Waals surface area contributed by atoms with E-state index in [1.807, 2.05) is 25.3 Å². The van der Waals surface area contributed by atoms with Crippen LogP contribution < -0.4 is 16.3 Å². The molecule has 8 heteroatoms. The van der Waals surface area contributed by atoms with Gasteiger partial charge in [-0.3, -0.25) is 4.68 Å². The third-order valence-corrected chi connectivity index (χ3v) is 4.55. The lowest BCUT2D eigenvalue weighted by atomic mass is 10.1. The lowest BCUT2D eigenvalue weighted by Gasteiger charge is -2.09.